The molecule has 0 radical (unpaired) electrons. The molecule has 1 atom stereocenters. The van der Waals surface area contributed by atoms with Crippen molar-refractivity contribution in [1.82, 2.24) is 9.97 Å². The van der Waals surface area contributed by atoms with E-state index in [4.69, 9.17) is 9.15 Å². The number of nitrogens with one attached hydrogen (secondary N) is 1. The fraction of sp³-hybridized carbons (Fsp3) is 0.350. The Morgan fingerprint density at radius 1 is 1.29 bits per heavy atom. The van der Waals surface area contributed by atoms with Gasteiger partial charge in [-0.1, -0.05) is 17.4 Å². The topological polar surface area (TPSA) is 97.5 Å². The van der Waals surface area contributed by atoms with Crippen molar-refractivity contribution in [3.8, 4) is 11.5 Å². The number of carbonyl (C=O) groups is 1. The molecule has 1 saturated heterocycles. The Balaban J connectivity index is 1.55. The van der Waals surface area contributed by atoms with Crippen LogP contribution in [-0.4, -0.2) is 34.2 Å². The molecule has 2 N–H and O–H groups in total. The van der Waals surface area contributed by atoms with Crippen molar-refractivity contribution in [1.29, 1.82) is 0 Å². The molecule has 0 aliphatic carbocycles. The molecule has 1 unspecified atom stereocenters. The first-order chi connectivity index (χ1) is 13.7. The van der Waals surface area contributed by atoms with E-state index in [9.17, 15) is 9.90 Å². The van der Waals surface area contributed by atoms with E-state index < -0.39 is 6.10 Å². The summed E-state index contributed by atoms with van der Waals surface area (Å²) in [6.45, 7) is 1.29. The lowest BCUT2D eigenvalue weighted by Gasteiger charge is -2.26. The van der Waals surface area contributed by atoms with Gasteiger partial charge in [-0.2, -0.15) is 0 Å². The molecule has 28 heavy (non-hydrogen) atoms. The van der Waals surface area contributed by atoms with Gasteiger partial charge in [-0.25, -0.2) is 4.98 Å². The Morgan fingerprint density at radius 3 is 2.86 bits per heavy atom. The predicted octanol–water partition coefficient (Wildman–Crippen LogP) is 3.44. The van der Waals surface area contributed by atoms with Gasteiger partial charge >= 0.3 is 0 Å². The van der Waals surface area contributed by atoms with Crippen LogP contribution in [0.1, 0.15) is 29.5 Å². The van der Waals surface area contributed by atoms with Gasteiger partial charge in [0.2, 0.25) is 5.91 Å². The van der Waals surface area contributed by atoms with Gasteiger partial charge in [-0.3, -0.25) is 9.78 Å². The zero-order valence-corrected chi connectivity index (χ0v) is 16.0. The monoisotopic (exact) mass is 399 g/mol. The Hall–Kier alpha value is -2.55. The fourth-order valence-corrected chi connectivity index (χ4v) is 4.32. The summed E-state index contributed by atoms with van der Waals surface area (Å²) in [5.74, 6) is 0.466. The number of aromatic nitrogens is 2. The second kappa shape index (κ2) is 8.64. The number of pyridine rings is 1. The Morgan fingerprint density at radius 2 is 2.14 bits per heavy atom. The quantitative estimate of drug-likeness (QED) is 0.659. The third kappa shape index (κ3) is 4.30. The number of hydrogen-bond donors (Lipinski definition) is 2. The van der Waals surface area contributed by atoms with Gasteiger partial charge in [-0.05, 0) is 43.0 Å². The molecule has 0 aromatic carbocycles. The SMILES string of the molecule is O=C(Cc1ccccn1)Nc1nc(-c2ccco2)c(C(O)C2CCOCC2)s1. The normalized spacial score (nSPS) is 16.0. The number of anilines is 1. The van der Waals surface area contributed by atoms with Gasteiger partial charge in [0.25, 0.3) is 0 Å². The molecule has 0 saturated carbocycles. The van der Waals surface area contributed by atoms with Crippen LogP contribution in [0.3, 0.4) is 0 Å². The minimum atomic E-state index is -0.678. The molecule has 1 aliphatic heterocycles. The first-order valence-electron chi connectivity index (χ1n) is 9.21. The molecule has 1 aliphatic rings. The highest BCUT2D eigenvalue weighted by atomic mass is 32.1. The molecule has 0 spiro atoms. The minimum Gasteiger partial charge on any atom is -0.463 e. The van der Waals surface area contributed by atoms with Gasteiger partial charge in [-0.15, -0.1) is 0 Å². The highest BCUT2D eigenvalue weighted by Crippen LogP contribution is 2.41. The number of furan rings is 1. The van der Waals surface area contributed by atoms with Crippen molar-refractivity contribution in [2.75, 3.05) is 18.5 Å². The van der Waals surface area contributed by atoms with Crippen molar-refractivity contribution >= 4 is 22.4 Å². The number of aliphatic hydroxyl groups is 1. The Labute approximate surface area is 166 Å². The van der Waals surface area contributed by atoms with Gasteiger partial charge in [0, 0.05) is 25.1 Å². The summed E-state index contributed by atoms with van der Waals surface area (Å²) in [6, 6.07) is 9.03. The second-order valence-electron chi connectivity index (χ2n) is 6.65. The van der Waals surface area contributed by atoms with Crippen LogP contribution in [0.25, 0.3) is 11.5 Å². The maximum atomic E-state index is 12.4. The summed E-state index contributed by atoms with van der Waals surface area (Å²) < 4.78 is 10.9. The number of hydrogen-bond acceptors (Lipinski definition) is 7. The van der Waals surface area contributed by atoms with Crippen LogP contribution in [0.15, 0.2) is 47.2 Å². The van der Waals surface area contributed by atoms with Crippen molar-refractivity contribution in [3.63, 3.8) is 0 Å². The molecule has 0 bridgehead atoms. The maximum absolute atomic E-state index is 12.4. The number of nitrogens with zero attached hydrogens (tertiary/aromatic N) is 2. The molecule has 4 heterocycles. The summed E-state index contributed by atoms with van der Waals surface area (Å²) >= 11 is 1.28. The van der Waals surface area contributed by atoms with Gasteiger partial charge in [0.15, 0.2) is 10.9 Å². The lowest BCUT2D eigenvalue weighted by Crippen LogP contribution is -2.21. The average molecular weight is 399 g/mol. The molecule has 3 aromatic heterocycles. The smallest absolute Gasteiger partial charge is 0.232 e. The standard InChI is InChI=1S/C20H21N3O4S/c24-16(12-14-4-1-2-8-21-14)22-20-23-17(15-5-3-9-27-15)19(28-20)18(25)13-6-10-26-11-7-13/h1-5,8-9,13,18,25H,6-7,10-12H2,(H,22,23,24). The second-order valence-corrected chi connectivity index (χ2v) is 7.68. The fourth-order valence-electron chi connectivity index (χ4n) is 3.25. The first-order valence-corrected chi connectivity index (χ1v) is 10.0. The lowest BCUT2D eigenvalue weighted by atomic mass is 9.92. The molecule has 1 amide bonds. The summed E-state index contributed by atoms with van der Waals surface area (Å²) in [7, 11) is 0. The van der Waals surface area contributed by atoms with E-state index in [2.05, 4.69) is 15.3 Å². The summed E-state index contributed by atoms with van der Waals surface area (Å²) in [5, 5.41) is 14.2. The van der Waals surface area contributed by atoms with Crippen molar-refractivity contribution in [2.45, 2.75) is 25.4 Å². The predicted molar refractivity (Wildman–Crippen MR) is 105 cm³/mol. The number of thiazole rings is 1. The zero-order valence-electron chi connectivity index (χ0n) is 15.2. The van der Waals surface area contributed by atoms with Gasteiger partial charge in [0.05, 0.1) is 23.7 Å². The van der Waals surface area contributed by atoms with Crippen LogP contribution in [0.5, 0.6) is 0 Å². The number of ether oxygens (including phenoxy) is 1. The highest BCUT2D eigenvalue weighted by molar-refractivity contribution is 7.16. The van der Waals surface area contributed by atoms with Crippen molar-refractivity contribution < 1.29 is 19.1 Å². The summed E-state index contributed by atoms with van der Waals surface area (Å²) in [6.07, 6.45) is 4.29. The number of rotatable bonds is 6. The van der Waals surface area contributed by atoms with Crippen molar-refractivity contribution in [2.24, 2.45) is 5.92 Å². The van der Waals surface area contributed by atoms with E-state index in [0.717, 1.165) is 12.8 Å². The minimum absolute atomic E-state index is 0.0972. The lowest BCUT2D eigenvalue weighted by molar-refractivity contribution is -0.115. The largest absolute Gasteiger partial charge is 0.463 e. The molecular weight excluding hydrogens is 378 g/mol. The number of carbonyl (C=O) groups excluding carboxylic acids is 1. The highest BCUT2D eigenvalue weighted by Gasteiger charge is 2.29. The van der Waals surface area contributed by atoms with E-state index in [-0.39, 0.29) is 18.2 Å². The maximum Gasteiger partial charge on any atom is 0.232 e. The van der Waals surface area contributed by atoms with Crippen LogP contribution in [0.2, 0.25) is 0 Å². The molecule has 7 nitrogen and oxygen atoms in total. The third-order valence-electron chi connectivity index (χ3n) is 4.70. The summed E-state index contributed by atoms with van der Waals surface area (Å²) in [4.78, 5) is 21.8. The average Bonchev–Trinajstić information content (AvgIpc) is 3.38. The van der Waals surface area contributed by atoms with Crippen LogP contribution in [-0.2, 0) is 16.0 Å². The van der Waals surface area contributed by atoms with Gasteiger partial charge in [0.1, 0.15) is 5.69 Å². The van der Waals surface area contributed by atoms with Gasteiger partial charge < -0.3 is 19.6 Å². The molecule has 146 valence electrons. The summed E-state index contributed by atoms with van der Waals surface area (Å²) in [5.41, 5.74) is 1.26. The Kier molecular flexibility index (Phi) is 5.80. The number of amides is 1. The molecular formula is C20H21N3O4S. The number of aliphatic hydroxyl groups excluding tert-OH is 1. The van der Waals surface area contributed by atoms with E-state index in [1.165, 1.54) is 11.3 Å². The van der Waals surface area contributed by atoms with Crippen LogP contribution in [0, 0.1) is 5.92 Å². The van der Waals surface area contributed by atoms with Crippen LogP contribution < -0.4 is 5.32 Å². The van der Waals surface area contributed by atoms with Crippen LogP contribution >= 0.6 is 11.3 Å². The molecule has 3 aromatic rings. The molecule has 4 rings (SSSR count). The van der Waals surface area contributed by atoms with E-state index in [0.29, 0.717) is 40.4 Å². The first kappa shape index (κ1) is 18.8. The molecule has 8 heteroatoms. The third-order valence-corrected chi connectivity index (χ3v) is 5.74. The Bertz CT molecular complexity index is 905. The van der Waals surface area contributed by atoms with Crippen molar-refractivity contribution in [3.05, 3.63) is 53.4 Å². The van der Waals surface area contributed by atoms with E-state index in [1.807, 2.05) is 12.1 Å². The van der Waals surface area contributed by atoms with E-state index >= 15 is 0 Å². The molecule has 1 fully saturated rings. The van der Waals surface area contributed by atoms with Crippen LogP contribution in [0.4, 0.5) is 5.13 Å². The zero-order chi connectivity index (χ0) is 19.3. The van der Waals surface area contributed by atoms with E-state index in [1.54, 1.807) is 30.7 Å².